The van der Waals surface area contributed by atoms with Crippen LogP contribution in [-0.2, 0) is 0 Å². The molecule has 3 N–H and O–H groups in total. The number of halogens is 1. The summed E-state index contributed by atoms with van der Waals surface area (Å²) in [5, 5.41) is 0. The Morgan fingerprint density at radius 3 is 2.70 bits per heavy atom. The summed E-state index contributed by atoms with van der Waals surface area (Å²) in [5.74, 6) is 1.60. The Bertz CT molecular complexity index is 778. The van der Waals surface area contributed by atoms with Gasteiger partial charge in [-0.3, -0.25) is 0 Å². The van der Waals surface area contributed by atoms with Crippen LogP contribution in [-0.4, -0.2) is 29.0 Å². The van der Waals surface area contributed by atoms with Crippen LogP contribution in [0.3, 0.4) is 0 Å². The molecule has 1 aromatic carbocycles. The quantitative estimate of drug-likeness (QED) is 0.708. The van der Waals surface area contributed by atoms with Crippen LogP contribution < -0.4 is 10.6 Å². The van der Waals surface area contributed by atoms with Crippen LogP contribution in [0.2, 0.25) is 0 Å². The van der Waals surface area contributed by atoms with Crippen LogP contribution in [0.25, 0.3) is 22.6 Å². The van der Waals surface area contributed by atoms with Crippen molar-refractivity contribution in [2.75, 3.05) is 24.7 Å². The molecule has 0 aliphatic rings. The lowest BCUT2D eigenvalue weighted by Crippen LogP contribution is -2.10. The molecule has 0 bridgehead atoms. The van der Waals surface area contributed by atoms with E-state index >= 15 is 0 Å². The van der Waals surface area contributed by atoms with Gasteiger partial charge < -0.3 is 15.6 Å². The number of nitrogens with two attached hydrogens (primary N) is 1. The highest BCUT2D eigenvalue weighted by molar-refractivity contribution is 9.10. The van der Waals surface area contributed by atoms with Crippen LogP contribution in [0.5, 0.6) is 0 Å². The van der Waals surface area contributed by atoms with Gasteiger partial charge in [-0.05, 0) is 30.3 Å². The third-order valence-electron chi connectivity index (χ3n) is 3.06. The van der Waals surface area contributed by atoms with Gasteiger partial charge in [-0.1, -0.05) is 15.9 Å². The first-order valence-electron chi connectivity index (χ1n) is 6.14. The van der Waals surface area contributed by atoms with E-state index in [1.165, 1.54) is 0 Å². The number of rotatable bonds is 2. The Kier molecular flexibility index (Phi) is 3.10. The fourth-order valence-corrected chi connectivity index (χ4v) is 2.35. The molecule has 0 radical (unpaired) electrons. The third kappa shape index (κ3) is 2.22. The number of nitrogens with one attached hydrogen (secondary N) is 1. The predicted octanol–water partition coefficient (Wildman–Crippen LogP) is 3.04. The number of benzene rings is 1. The first-order chi connectivity index (χ1) is 9.54. The van der Waals surface area contributed by atoms with Crippen LogP contribution in [0, 0.1) is 0 Å². The molecule has 5 nitrogen and oxygen atoms in total. The summed E-state index contributed by atoms with van der Waals surface area (Å²) >= 11 is 3.45. The molecule has 20 heavy (non-hydrogen) atoms. The maximum atomic E-state index is 6.01. The monoisotopic (exact) mass is 331 g/mol. The maximum Gasteiger partial charge on any atom is 0.180 e. The average Bonchev–Trinajstić information content (AvgIpc) is 2.83. The van der Waals surface area contributed by atoms with Crippen molar-refractivity contribution >= 4 is 38.6 Å². The molecule has 3 rings (SSSR count). The van der Waals surface area contributed by atoms with Gasteiger partial charge in [0.25, 0.3) is 0 Å². The lowest BCUT2D eigenvalue weighted by atomic mass is 10.2. The molecule has 0 saturated heterocycles. The van der Waals surface area contributed by atoms with Crippen LogP contribution >= 0.6 is 15.9 Å². The molecule has 2 heterocycles. The van der Waals surface area contributed by atoms with Crippen LogP contribution in [0.1, 0.15) is 0 Å². The first-order valence-corrected chi connectivity index (χ1v) is 6.93. The Balaban J connectivity index is 2.15. The van der Waals surface area contributed by atoms with E-state index in [1.54, 1.807) is 0 Å². The van der Waals surface area contributed by atoms with Crippen molar-refractivity contribution in [1.29, 1.82) is 0 Å². The maximum absolute atomic E-state index is 6.01. The van der Waals surface area contributed by atoms with E-state index in [-0.39, 0.29) is 0 Å². The standard InChI is InChI=1S/C14H14BrN5/c1-20(2)12-6-5-11-14(18-12)19-13(17-11)9-7-8(15)3-4-10(9)16/h3-7H,16H2,1-2H3,(H,17,18,19). The molecule has 2 aromatic heterocycles. The van der Waals surface area contributed by atoms with E-state index in [4.69, 9.17) is 5.73 Å². The number of aromatic nitrogens is 3. The Labute approximate surface area is 125 Å². The molecule has 0 aliphatic heterocycles. The Morgan fingerprint density at radius 1 is 1.15 bits per heavy atom. The number of hydrogen-bond acceptors (Lipinski definition) is 4. The highest BCUT2D eigenvalue weighted by atomic mass is 79.9. The minimum atomic E-state index is 0.681. The van der Waals surface area contributed by atoms with Gasteiger partial charge in [0.15, 0.2) is 5.65 Å². The van der Waals surface area contributed by atoms with E-state index < -0.39 is 0 Å². The molecule has 102 valence electrons. The second-order valence-electron chi connectivity index (χ2n) is 4.75. The van der Waals surface area contributed by atoms with Gasteiger partial charge in [0.1, 0.15) is 11.6 Å². The van der Waals surface area contributed by atoms with E-state index in [0.717, 1.165) is 27.2 Å². The highest BCUT2D eigenvalue weighted by Gasteiger charge is 2.10. The van der Waals surface area contributed by atoms with Gasteiger partial charge in [-0.15, -0.1) is 0 Å². The predicted molar refractivity (Wildman–Crippen MR) is 85.8 cm³/mol. The molecular formula is C14H14BrN5. The summed E-state index contributed by atoms with van der Waals surface area (Å²) in [6.45, 7) is 0. The number of imidazole rings is 1. The zero-order chi connectivity index (χ0) is 14.3. The Hall–Kier alpha value is -2.08. The number of pyridine rings is 1. The van der Waals surface area contributed by atoms with E-state index in [1.807, 2.05) is 49.3 Å². The molecule has 0 saturated carbocycles. The number of fused-ring (bicyclic) bond motifs is 1. The average molecular weight is 332 g/mol. The zero-order valence-electron chi connectivity index (χ0n) is 11.2. The second kappa shape index (κ2) is 4.79. The first kappa shape index (κ1) is 12.9. The minimum Gasteiger partial charge on any atom is -0.398 e. The number of hydrogen-bond donors (Lipinski definition) is 2. The van der Waals surface area contributed by atoms with E-state index in [2.05, 4.69) is 30.9 Å². The van der Waals surface area contributed by atoms with Gasteiger partial charge in [-0.2, -0.15) is 0 Å². The van der Waals surface area contributed by atoms with Crippen molar-refractivity contribution in [3.63, 3.8) is 0 Å². The second-order valence-corrected chi connectivity index (χ2v) is 5.67. The summed E-state index contributed by atoms with van der Waals surface area (Å²) in [5.41, 5.74) is 9.14. The van der Waals surface area contributed by atoms with Crippen LogP contribution in [0.4, 0.5) is 11.5 Å². The molecular weight excluding hydrogens is 318 g/mol. The van der Waals surface area contributed by atoms with Crippen molar-refractivity contribution in [2.45, 2.75) is 0 Å². The smallest absolute Gasteiger partial charge is 0.180 e. The largest absolute Gasteiger partial charge is 0.398 e. The summed E-state index contributed by atoms with van der Waals surface area (Å²) in [7, 11) is 3.90. The molecule has 3 aromatic rings. The molecule has 0 atom stereocenters. The molecule has 0 amide bonds. The van der Waals surface area contributed by atoms with E-state index in [0.29, 0.717) is 11.3 Å². The van der Waals surface area contributed by atoms with Crippen molar-refractivity contribution in [3.05, 3.63) is 34.8 Å². The van der Waals surface area contributed by atoms with Gasteiger partial charge >= 0.3 is 0 Å². The number of anilines is 2. The molecule has 0 spiro atoms. The van der Waals surface area contributed by atoms with E-state index in [9.17, 15) is 0 Å². The number of nitrogens with zero attached hydrogens (tertiary/aromatic N) is 3. The van der Waals surface area contributed by atoms with Crippen molar-refractivity contribution in [1.82, 2.24) is 15.0 Å². The fourth-order valence-electron chi connectivity index (χ4n) is 1.99. The normalized spacial score (nSPS) is 10.9. The SMILES string of the molecule is CN(C)c1ccc2[nH]c(-c3cc(Br)ccc3N)nc2n1. The molecule has 0 fully saturated rings. The Morgan fingerprint density at radius 2 is 1.95 bits per heavy atom. The number of H-pyrrole nitrogens is 1. The number of nitrogen functional groups attached to an aromatic ring is 1. The van der Waals surface area contributed by atoms with Crippen LogP contribution in [0.15, 0.2) is 34.8 Å². The van der Waals surface area contributed by atoms with Gasteiger partial charge in [0.05, 0.1) is 5.52 Å². The molecule has 0 unspecified atom stereocenters. The molecule has 6 heteroatoms. The topological polar surface area (TPSA) is 70.8 Å². The summed E-state index contributed by atoms with van der Waals surface area (Å²) < 4.78 is 0.962. The minimum absolute atomic E-state index is 0.681. The summed E-state index contributed by atoms with van der Waals surface area (Å²) in [6, 6.07) is 9.63. The molecule has 0 aliphatic carbocycles. The van der Waals surface area contributed by atoms with Crippen molar-refractivity contribution < 1.29 is 0 Å². The summed E-state index contributed by atoms with van der Waals surface area (Å²) in [6.07, 6.45) is 0. The zero-order valence-corrected chi connectivity index (χ0v) is 12.8. The van der Waals surface area contributed by atoms with Gasteiger partial charge in [0, 0.05) is 29.8 Å². The lowest BCUT2D eigenvalue weighted by Gasteiger charge is -2.09. The van der Waals surface area contributed by atoms with Gasteiger partial charge in [0.2, 0.25) is 0 Å². The number of aromatic amines is 1. The third-order valence-corrected chi connectivity index (χ3v) is 3.55. The van der Waals surface area contributed by atoms with Crippen molar-refractivity contribution in [3.8, 4) is 11.4 Å². The van der Waals surface area contributed by atoms with Gasteiger partial charge in [-0.25, -0.2) is 9.97 Å². The summed E-state index contributed by atoms with van der Waals surface area (Å²) in [4.78, 5) is 14.2. The highest BCUT2D eigenvalue weighted by Crippen LogP contribution is 2.28. The fraction of sp³-hybridized carbons (Fsp3) is 0.143. The lowest BCUT2D eigenvalue weighted by molar-refractivity contribution is 1.08. The van der Waals surface area contributed by atoms with Crippen molar-refractivity contribution in [2.24, 2.45) is 0 Å².